The first-order chi connectivity index (χ1) is 11.1. The number of nitro groups is 1. The van der Waals surface area contributed by atoms with E-state index in [4.69, 9.17) is 9.47 Å². The molecule has 0 unspecified atom stereocenters. The molecule has 0 aliphatic heterocycles. The lowest BCUT2D eigenvalue weighted by atomic mass is 10.1. The molecule has 0 fully saturated rings. The molecule has 23 heavy (non-hydrogen) atoms. The van der Waals surface area contributed by atoms with Crippen molar-refractivity contribution in [1.82, 2.24) is 5.32 Å². The second-order valence-electron chi connectivity index (χ2n) is 4.65. The predicted octanol–water partition coefficient (Wildman–Crippen LogP) is 2.54. The van der Waals surface area contributed by atoms with Crippen LogP contribution in [0.5, 0.6) is 11.5 Å². The first-order valence-corrected chi connectivity index (χ1v) is 6.79. The van der Waals surface area contributed by atoms with Crippen molar-refractivity contribution in [3.05, 3.63) is 63.7 Å². The molecule has 0 atom stereocenters. The number of nitrogens with zero attached hydrogens (tertiary/aromatic N) is 1. The summed E-state index contributed by atoms with van der Waals surface area (Å²) < 4.78 is 10.3. The first kappa shape index (κ1) is 16.3. The SMILES string of the molecule is COc1ccc(CNC(=O)c2ccccc2[N+](=O)[O-])cc1OC. The standard InChI is InChI=1S/C16H16N2O5/c1-22-14-8-7-11(9-15(14)23-2)10-17-16(19)12-5-3-4-6-13(12)18(20)21/h3-9H,10H2,1-2H3,(H,17,19). The number of hydrogen-bond donors (Lipinski definition) is 1. The molecule has 0 bridgehead atoms. The highest BCUT2D eigenvalue weighted by Crippen LogP contribution is 2.27. The molecule has 2 aromatic carbocycles. The van der Waals surface area contributed by atoms with Crippen molar-refractivity contribution in [1.29, 1.82) is 0 Å². The molecule has 0 spiro atoms. The number of para-hydroxylation sites is 1. The number of benzene rings is 2. The topological polar surface area (TPSA) is 90.7 Å². The summed E-state index contributed by atoms with van der Waals surface area (Å²) in [6.07, 6.45) is 0. The molecule has 0 aliphatic carbocycles. The normalized spacial score (nSPS) is 10.0. The van der Waals surface area contributed by atoms with Crippen LogP contribution in [0.15, 0.2) is 42.5 Å². The van der Waals surface area contributed by atoms with E-state index >= 15 is 0 Å². The van der Waals surface area contributed by atoms with Gasteiger partial charge in [-0.25, -0.2) is 0 Å². The fourth-order valence-electron chi connectivity index (χ4n) is 2.09. The Bertz CT molecular complexity index is 730. The lowest BCUT2D eigenvalue weighted by Gasteiger charge is -2.10. The van der Waals surface area contributed by atoms with Crippen LogP contribution in [0.25, 0.3) is 0 Å². The summed E-state index contributed by atoms with van der Waals surface area (Å²) in [6.45, 7) is 0.214. The number of nitro benzene ring substituents is 1. The number of carbonyl (C=O) groups excluding carboxylic acids is 1. The molecule has 2 aromatic rings. The highest BCUT2D eigenvalue weighted by atomic mass is 16.6. The smallest absolute Gasteiger partial charge is 0.282 e. The molecular weight excluding hydrogens is 300 g/mol. The Morgan fingerprint density at radius 2 is 1.83 bits per heavy atom. The first-order valence-electron chi connectivity index (χ1n) is 6.79. The number of hydrogen-bond acceptors (Lipinski definition) is 5. The van der Waals surface area contributed by atoms with E-state index in [0.29, 0.717) is 11.5 Å². The van der Waals surface area contributed by atoms with Crippen LogP contribution < -0.4 is 14.8 Å². The molecule has 7 heteroatoms. The fourth-order valence-corrected chi connectivity index (χ4v) is 2.09. The van der Waals surface area contributed by atoms with Gasteiger partial charge >= 0.3 is 0 Å². The van der Waals surface area contributed by atoms with Gasteiger partial charge in [0.25, 0.3) is 11.6 Å². The Labute approximate surface area is 133 Å². The molecule has 0 aromatic heterocycles. The van der Waals surface area contributed by atoms with Crippen LogP contribution in [0, 0.1) is 10.1 Å². The van der Waals surface area contributed by atoms with Crippen molar-refractivity contribution in [2.75, 3.05) is 14.2 Å². The largest absolute Gasteiger partial charge is 0.493 e. The molecular formula is C16H16N2O5. The van der Waals surface area contributed by atoms with Crippen LogP contribution in [0.1, 0.15) is 15.9 Å². The van der Waals surface area contributed by atoms with Gasteiger partial charge < -0.3 is 14.8 Å². The van der Waals surface area contributed by atoms with Gasteiger partial charge in [-0.2, -0.15) is 0 Å². The van der Waals surface area contributed by atoms with E-state index in [9.17, 15) is 14.9 Å². The van der Waals surface area contributed by atoms with E-state index in [2.05, 4.69) is 5.32 Å². The van der Waals surface area contributed by atoms with Crippen molar-refractivity contribution in [3.63, 3.8) is 0 Å². The average molecular weight is 316 g/mol. The van der Waals surface area contributed by atoms with Gasteiger partial charge in [0.1, 0.15) is 5.56 Å². The van der Waals surface area contributed by atoms with Crippen LogP contribution in [-0.2, 0) is 6.54 Å². The van der Waals surface area contributed by atoms with Gasteiger partial charge in [0.15, 0.2) is 11.5 Å². The van der Waals surface area contributed by atoms with Crippen LogP contribution in [0.4, 0.5) is 5.69 Å². The third-order valence-electron chi connectivity index (χ3n) is 3.25. The van der Waals surface area contributed by atoms with Gasteiger partial charge in [-0.3, -0.25) is 14.9 Å². The predicted molar refractivity (Wildman–Crippen MR) is 83.8 cm³/mol. The van der Waals surface area contributed by atoms with Gasteiger partial charge in [-0.1, -0.05) is 18.2 Å². The van der Waals surface area contributed by atoms with Crippen molar-refractivity contribution < 1.29 is 19.2 Å². The Balaban J connectivity index is 2.12. The molecule has 2 rings (SSSR count). The van der Waals surface area contributed by atoms with Gasteiger partial charge in [-0.05, 0) is 23.8 Å². The van der Waals surface area contributed by atoms with Gasteiger partial charge in [0.2, 0.25) is 0 Å². The quantitative estimate of drug-likeness (QED) is 0.653. The Hall–Kier alpha value is -3.09. The van der Waals surface area contributed by atoms with E-state index < -0.39 is 10.8 Å². The third-order valence-corrected chi connectivity index (χ3v) is 3.25. The van der Waals surface area contributed by atoms with E-state index in [1.165, 1.54) is 32.4 Å². The summed E-state index contributed by atoms with van der Waals surface area (Å²) in [6, 6.07) is 11.1. The maximum absolute atomic E-state index is 12.1. The molecule has 0 saturated heterocycles. The molecule has 0 radical (unpaired) electrons. The third kappa shape index (κ3) is 3.76. The van der Waals surface area contributed by atoms with Crippen molar-refractivity contribution in [3.8, 4) is 11.5 Å². The minimum Gasteiger partial charge on any atom is -0.493 e. The van der Waals surface area contributed by atoms with E-state index in [-0.39, 0.29) is 17.8 Å². The fraction of sp³-hybridized carbons (Fsp3) is 0.188. The number of rotatable bonds is 6. The Morgan fingerprint density at radius 1 is 1.13 bits per heavy atom. The number of ether oxygens (including phenoxy) is 2. The van der Waals surface area contributed by atoms with Crippen LogP contribution in [0.2, 0.25) is 0 Å². The summed E-state index contributed by atoms with van der Waals surface area (Å²) in [5.41, 5.74) is 0.588. The average Bonchev–Trinajstić information content (AvgIpc) is 2.59. The zero-order chi connectivity index (χ0) is 16.8. The Morgan fingerprint density at radius 3 is 2.48 bits per heavy atom. The number of amides is 1. The summed E-state index contributed by atoms with van der Waals surface area (Å²) in [7, 11) is 3.06. The summed E-state index contributed by atoms with van der Waals surface area (Å²) in [5.74, 6) is 0.623. The highest BCUT2D eigenvalue weighted by molar-refractivity contribution is 5.98. The Kier molecular flexibility index (Phi) is 5.14. The minimum atomic E-state index is -0.578. The van der Waals surface area contributed by atoms with Crippen LogP contribution >= 0.6 is 0 Å². The van der Waals surface area contributed by atoms with E-state index in [1.54, 1.807) is 24.3 Å². The van der Waals surface area contributed by atoms with Gasteiger partial charge in [0.05, 0.1) is 19.1 Å². The van der Waals surface area contributed by atoms with Crippen molar-refractivity contribution in [2.24, 2.45) is 0 Å². The van der Waals surface area contributed by atoms with Crippen LogP contribution in [-0.4, -0.2) is 25.1 Å². The second kappa shape index (κ2) is 7.26. The van der Waals surface area contributed by atoms with Crippen LogP contribution in [0.3, 0.4) is 0 Å². The zero-order valence-corrected chi connectivity index (χ0v) is 12.7. The molecule has 0 saturated carbocycles. The zero-order valence-electron chi connectivity index (χ0n) is 12.7. The number of carbonyl (C=O) groups is 1. The molecule has 120 valence electrons. The van der Waals surface area contributed by atoms with E-state index in [0.717, 1.165) is 5.56 Å². The lowest BCUT2D eigenvalue weighted by molar-refractivity contribution is -0.385. The maximum Gasteiger partial charge on any atom is 0.282 e. The summed E-state index contributed by atoms with van der Waals surface area (Å²) in [5, 5.41) is 13.6. The monoisotopic (exact) mass is 316 g/mol. The van der Waals surface area contributed by atoms with Crippen molar-refractivity contribution >= 4 is 11.6 Å². The lowest BCUT2D eigenvalue weighted by Crippen LogP contribution is -2.23. The summed E-state index contributed by atoms with van der Waals surface area (Å²) >= 11 is 0. The highest BCUT2D eigenvalue weighted by Gasteiger charge is 2.18. The molecule has 0 heterocycles. The maximum atomic E-state index is 12.1. The molecule has 7 nitrogen and oxygen atoms in total. The number of methoxy groups -OCH3 is 2. The minimum absolute atomic E-state index is 0.0259. The van der Waals surface area contributed by atoms with E-state index in [1.807, 2.05) is 0 Å². The van der Waals surface area contributed by atoms with Crippen molar-refractivity contribution in [2.45, 2.75) is 6.54 Å². The van der Waals surface area contributed by atoms with Gasteiger partial charge in [0, 0.05) is 12.6 Å². The van der Waals surface area contributed by atoms with Gasteiger partial charge in [-0.15, -0.1) is 0 Å². The molecule has 0 aliphatic rings. The molecule has 1 amide bonds. The number of nitrogens with one attached hydrogen (secondary N) is 1. The second-order valence-corrected chi connectivity index (χ2v) is 4.65. The molecule has 1 N–H and O–H groups in total. The summed E-state index contributed by atoms with van der Waals surface area (Å²) in [4.78, 5) is 22.5.